The monoisotopic (exact) mass is 323 g/mol. The van der Waals surface area contributed by atoms with Crippen LogP contribution < -0.4 is 0 Å². The van der Waals surface area contributed by atoms with Gasteiger partial charge < -0.3 is 0 Å². The highest BCUT2D eigenvalue weighted by molar-refractivity contribution is 6.11. The van der Waals surface area contributed by atoms with Crippen molar-refractivity contribution in [2.75, 3.05) is 0 Å². The number of ketones is 1. The molecule has 0 unspecified atom stereocenters. The molecule has 2 aromatic carbocycles. The lowest BCUT2D eigenvalue weighted by Gasteiger charge is -2.30. The third-order valence-corrected chi connectivity index (χ3v) is 4.63. The van der Waals surface area contributed by atoms with Gasteiger partial charge in [-0.15, -0.1) is 0 Å². The molecule has 2 atom stereocenters. The SMILES string of the molecule is C[C@@H]1/C(=C(\C#N)c2cc(F)cc(F)c2)c2ccccc2C(=O)[C@@H]1C. The van der Waals surface area contributed by atoms with Gasteiger partial charge in [-0.25, -0.2) is 8.78 Å². The minimum absolute atomic E-state index is 0.0181. The van der Waals surface area contributed by atoms with Crippen LogP contribution in [0.4, 0.5) is 8.78 Å². The number of nitriles is 1. The molecule has 0 N–H and O–H groups in total. The molecule has 0 saturated carbocycles. The van der Waals surface area contributed by atoms with Crippen LogP contribution in [0.15, 0.2) is 42.5 Å². The lowest BCUT2D eigenvalue weighted by Crippen LogP contribution is -2.27. The van der Waals surface area contributed by atoms with Crippen LogP contribution >= 0.6 is 0 Å². The summed E-state index contributed by atoms with van der Waals surface area (Å²) in [5, 5.41) is 9.67. The second-order valence-electron chi connectivity index (χ2n) is 6.05. The number of nitrogens with zero attached hydrogens (tertiary/aromatic N) is 1. The van der Waals surface area contributed by atoms with E-state index in [0.29, 0.717) is 16.7 Å². The summed E-state index contributed by atoms with van der Waals surface area (Å²) in [4.78, 5) is 12.5. The number of fused-ring (bicyclic) bond motifs is 1. The third kappa shape index (κ3) is 2.52. The Kier molecular flexibility index (Phi) is 4.02. The van der Waals surface area contributed by atoms with E-state index < -0.39 is 11.6 Å². The van der Waals surface area contributed by atoms with Crippen LogP contribution in [0.5, 0.6) is 0 Å². The Bertz CT molecular complexity index is 888. The Labute approximate surface area is 139 Å². The van der Waals surface area contributed by atoms with Gasteiger partial charge in [0.15, 0.2) is 5.78 Å². The van der Waals surface area contributed by atoms with Crippen molar-refractivity contribution in [2.24, 2.45) is 11.8 Å². The van der Waals surface area contributed by atoms with E-state index in [1.54, 1.807) is 24.3 Å². The number of benzene rings is 2. The molecule has 2 nitrogen and oxygen atoms in total. The zero-order valence-corrected chi connectivity index (χ0v) is 13.3. The highest BCUT2D eigenvalue weighted by Crippen LogP contribution is 2.42. The van der Waals surface area contributed by atoms with E-state index in [2.05, 4.69) is 6.07 Å². The molecular weight excluding hydrogens is 308 g/mol. The number of allylic oxidation sites excluding steroid dienone is 2. The predicted octanol–water partition coefficient (Wildman–Crippen LogP) is 4.87. The normalized spacial score (nSPS) is 21.9. The maximum absolute atomic E-state index is 13.6. The quantitative estimate of drug-likeness (QED) is 0.703. The summed E-state index contributed by atoms with van der Waals surface area (Å²) in [6, 6.07) is 12.2. The first-order chi connectivity index (χ1) is 11.4. The van der Waals surface area contributed by atoms with Crippen LogP contribution in [-0.4, -0.2) is 5.78 Å². The number of hydrogen-bond acceptors (Lipinski definition) is 2. The maximum Gasteiger partial charge on any atom is 0.166 e. The van der Waals surface area contributed by atoms with E-state index in [1.807, 2.05) is 13.8 Å². The molecule has 0 heterocycles. The smallest absolute Gasteiger partial charge is 0.166 e. The highest BCUT2D eigenvalue weighted by Gasteiger charge is 2.35. The van der Waals surface area contributed by atoms with Crippen molar-refractivity contribution in [3.05, 3.63) is 70.8 Å². The van der Waals surface area contributed by atoms with Crippen LogP contribution in [-0.2, 0) is 0 Å². The summed E-state index contributed by atoms with van der Waals surface area (Å²) in [6.07, 6.45) is 0. The molecule has 24 heavy (non-hydrogen) atoms. The minimum Gasteiger partial charge on any atom is -0.294 e. The molecule has 0 saturated heterocycles. The molecule has 0 fully saturated rings. The summed E-state index contributed by atoms with van der Waals surface area (Å²) in [5.41, 5.74) is 2.25. The summed E-state index contributed by atoms with van der Waals surface area (Å²) in [7, 11) is 0. The summed E-state index contributed by atoms with van der Waals surface area (Å²) in [5.74, 6) is -1.99. The van der Waals surface area contributed by atoms with Gasteiger partial charge in [0.2, 0.25) is 0 Å². The molecule has 2 aromatic rings. The second kappa shape index (κ2) is 6.01. The van der Waals surface area contributed by atoms with Gasteiger partial charge in [-0.05, 0) is 34.8 Å². The van der Waals surface area contributed by atoms with Crippen molar-refractivity contribution in [1.29, 1.82) is 5.26 Å². The largest absolute Gasteiger partial charge is 0.294 e. The van der Waals surface area contributed by atoms with E-state index in [1.165, 1.54) is 0 Å². The van der Waals surface area contributed by atoms with Gasteiger partial charge in [0.1, 0.15) is 17.7 Å². The highest BCUT2D eigenvalue weighted by atomic mass is 19.1. The van der Waals surface area contributed by atoms with Crippen molar-refractivity contribution in [1.82, 2.24) is 0 Å². The Morgan fingerprint density at radius 3 is 2.17 bits per heavy atom. The van der Waals surface area contributed by atoms with Crippen LogP contribution in [0.2, 0.25) is 0 Å². The fourth-order valence-corrected chi connectivity index (χ4v) is 3.24. The number of carbonyl (C=O) groups excluding carboxylic acids is 1. The topological polar surface area (TPSA) is 40.9 Å². The molecule has 0 radical (unpaired) electrons. The van der Waals surface area contributed by atoms with E-state index in [0.717, 1.165) is 18.2 Å². The minimum atomic E-state index is -0.737. The molecule has 1 aliphatic carbocycles. The third-order valence-electron chi connectivity index (χ3n) is 4.63. The molecule has 1 aliphatic rings. The first-order valence-electron chi connectivity index (χ1n) is 7.68. The van der Waals surface area contributed by atoms with Crippen LogP contribution in [0.1, 0.15) is 35.3 Å². The standard InChI is InChI=1S/C20H15F2NO/c1-11-12(2)20(24)17-6-4-3-5-16(17)19(11)18(10-23)13-7-14(21)9-15(22)8-13/h3-9,11-12H,1-2H3/b19-18-/t11-,12+/m0/s1. The Morgan fingerprint density at radius 2 is 1.58 bits per heavy atom. The fraction of sp³-hybridized carbons (Fsp3) is 0.200. The predicted molar refractivity (Wildman–Crippen MR) is 87.9 cm³/mol. The van der Waals surface area contributed by atoms with Crippen LogP contribution in [0.3, 0.4) is 0 Å². The summed E-state index contributed by atoms with van der Waals surface area (Å²) >= 11 is 0. The molecule has 0 aromatic heterocycles. The van der Waals surface area contributed by atoms with Crippen molar-refractivity contribution in [3.63, 3.8) is 0 Å². The maximum atomic E-state index is 13.6. The van der Waals surface area contributed by atoms with E-state index in [9.17, 15) is 18.8 Å². The Hall–Kier alpha value is -2.80. The van der Waals surface area contributed by atoms with Gasteiger partial charge in [-0.2, -0.15) is 5.26 Å². The van der Waals surface area contributed by atoms with Gasteiger partial charge >= 0.3 is 0 Å². The van der Waals surface area contributed by atoms with Crippen molar-refractivity contribution < 1.29 is 13.6 Å². The van der Waals surface area contributed by atoms with E-state index in [4.69, 9.17) is 0 Å². The summed E-state index contributed by atoms with van der Waals surface area (Å²) < 4.78 is 27.2. The molecule has 3 rings (SSSR count). The second-order valence-corrected chi connectivity index (χ2v) is 6.05. The molecule has 0 aliphatic heterocycles. The van der Waals surface area contributed by atoms with Crippen LogP contribution in [0, 0.1) is 34.8 Å². The van der Waals surface area contributed by atoms with E-state index in [-0.39, 0.29) is 28.8 Å². The average Bonchev–Trinajstić information content (AvgIpc) is 2.55. The summed E-state index contributed by atoms with van der Waals surface area (Å²) in [6.45, 7) is 3.67. The fourth-order valence-electron chi connectivity index (χ4n) is 3.24. The lowest BCUT2D eigenvalue weighted by atomic mass is 9.71. The number of rotatable bonds is 1. The first-order valence-corrected chi connectivity index (χ1v) is 7.68. The van der Waals surface area contributed by atoms with Gasteiger partial charge in [-0.3, -0.25) is 4.79 Å². The number of Topliss-reactive ketones (excluding diaryl/α,β-unsaturated/α-hetero) is 1. The zero-order chi connectivity index (χ0) is 17.4. The average molecular weight is 323 g/mol. The zero-order valence-electron chi connectivity index (χ0n) is 13.3. The van der Waals surface area contributed by atoms with Gasteiger partial charge in [0.25, 0.3) is 0 Å². The number of hydrogen-bond donors (Lipinski definition) is 0. The Morgan fingerprint density at radius 1 is 1.00 bits per heavy atom. The molecular formula is C20H15F2NO. The Balaban J connectivity index is 2.35. The molecule has 0 bridgehead atoms. The molecule has 0 spiro atoms. The molecule has 0 amide bonds. The van der Waals surface area contributed by atoms with Gasteiger partial charge in [0.05, 0.1) is 5.57 Å². The van der Waals surface area contributed by atoms with Gasteiger partial charge in [-0.1, -0.05) is 38.1 Å². The number of halogens is 2. The lowest BCUT2D eigenvalue weighted by molar-refractivity contribution is 0.0903. The van der Waals surface area contributed by atoms with E-state index >= 15 is 0 Å². The number of carbonyl (C=O) groups is 1. The van der Waals surface area contributed by atoms with Crippen molar-refractivity contribution in [3.8, 4) is 6.07 Å². The van der Waals surface area contributed by atoms with Crippen LogP contribution in [0.25, 0.3) is 11.1 Å². The van der Waals surface area contributed by atoms with Crippen molar-refractivity contribution in [2.45, 2.75) is 13.8 Å². The van der Waals surface area contributed by atoms with Crippen molar-refractivity contribution >= 4 is 16.9 Å². The first kappa shape index (κ1) is 16.1. The van der Waals surface area contributed by atoms with Gasteiger partial charge in [0, 0.05) is 17.5 Å². The molecule has 120 valence electrons. The molecule has 4 heteroatoms.